The van der Waals surface area contributed by atoms with Crippen LogP contribution in [0.25, 0.3) is 0 Å². The molecular formula is C15H18N2O3S. The molecule has 2 rings (SSSR count). The fourth-order valence-electron chi connectivity index (χ4n) is 2.05. The van der Waals surface area contributed by atoms with Crippen LogP contribution in [0.2, 0.25) is 0 Å². The number of nitrogens with one attached hydrogen (secondary N) is 1. The second-order valence-electron chi connectivity index (χ2n) is 4.34. The number of rotatable bonds is 6. The van der Waals surface area contributed by atoms with Crippen LogP contribution in [0.4, 0.5) is 0 Å². The largest absolute Gasteiger partial charge is 0.496 e. The van der Waals surface area contributed by atoms with Crippen molar-refractivity contribution >= 4 is 17.2 Å². The van der Waals surface area contributed by atoms with Gasteiger partial charge in [-0.25, -0.2) is 4.98 Å². The maximum absolute atomic E-state index is 12.6. The first kappa shape index (κ1) is 15.3. The maximum atomic E-state index is 12.6. The Labute approximate surface area is 127 Å². The summed E-state index contributed by atoms with van der Waals surface area (Å²) in [5.41, 5.74) is 0.400. The van der Waals surface area contributed by atoms with Crippen LogP contribution in [0.5, 0.6) is 11.5 Å². The maximum Gasteiger partial charge on any atom is 0.259 e. The monoisotopic (exact) mass is 306 g/mol. The molecule has 0 aliphatic rings. The van der Waals surface area contributed by atoms with Crippen molar-refractivity contribution in [2.75, 3.05) is 14.2 Å². The molecule has 1 atom stereocenters. The molecule has 0 radical (unpaired) electrons. The molecule has 112 valence electrons. The predicted molar refractivity (Wildman–Crippen MR) is 82.2 cm³/mol. The Hall–Kier alpha value is -2.08. The molecule has 1 amide bonds. The Morgan fingerprint density at radius 3 is 2.48 bits per heavy atom. The van der Waals surface area contributed by atoms with E-state index in [1.165, 1.54) is 25.6 Å². The zero-order chi connectivity index (χ0) is 15.2. The lowest BCUT2D eigenvalue weighted by molar-refractivity contribution is 0.0929. The molecule has 1 aromatic carbocycles. The topological polar surface area (TPSA) is 60.5 Å². The van der Waals surface area contributed by atoms with E-state index < -0.39 is 0 Å². The number of carbonyl (C=O) groups is 1. The summed E-state index contributed by atoms with van der Waals surface area (Å²) >= 11 is 1.52. The quantitative estimate of drug-likeness (QED) is 0.891. The van der Waals surface area contributed by atoms with Gasteiger partial charge in [-0.2, -0.15) is 0 Å². The molecule has 1 N–H and O–H groups in total. The lowest BCUT2D eigenvalue weighted by atomic mass is 10.1. The highest BCUT2D eigenvalue weighted by Crippen LogP contribution is 2.29. The van der Waals surface area contributed by atoms with Crippen molar-refractivity contribution in [3.63, 3.8) is 0 Å². The summed E-state index contributed by atoms with van der Waals surface area (Å²) < 4.78 is 10.5. The average molecular weight is 306 g/mol. The van der Waals surface area contributed by atoms with Crippen LogP contribution in [-0.2, 0) is 0 Å². The Kier molecular flexibility index (Phi) is 5.16. The standard InChI is InChI=1S/C15H18N2O3S/c1-4-10(15-16-8-9-21-15)17-14(18)13-11(19-2)6-5-7-12(13)20-3/h5-10H,4H2,1-3H3,(H,17,18). The van der Waals surface area contributed by atoms with E-state index in [-0.39, 0.29) is 11.9 Å². The van der Waals surface area contributed by atoms with Gasteiger partial charge in [0.25, 0.3) is 5.91 Å². The highest BCUT2D eigenvalue weighted by atomic mass is 32.1. The summed E-state index contributed by atoms with van der Waals surface area (Å²) in [5, 5.41) is 5.77. The lowest BCUT2D eigenvalue weighted by Crippen LogP contribution is -2.28. The molecule has 0 aliphatic heterocycles. The third kappa shape index (κ3) is 3.33. The van der Waals surface area contributed by atoms with Crippen LogP contribution in [-0.4, -0.2) is 25.1 Å². The van der Waals surface area contributed by atoms with Crippen molar-refractivity contribution in [1.82, 2.24) is 10.3 Å². The van der Waals surface area contributed by atoms with E-state index in [0.717, 1.165) is 11.4 Å². The van der Waals surface area contributed by atoms with Crippen molar-refractivity contribution in [3.8, 4) is 11.5 Å². The third-order valence-corrected chi connectivity index (χ3v) is 4.01. The number of benzene rings is 1. The second kappa shape index (κ2) is 7.08. The molecule has 0 saturated heterocycles. The molecule has 6 heteroatoms. The van der Waals surface area contributed by atoms with Gasteiger partial charge >= 0.3 is 0 Å². The number of thiazole rings is 1. The van der Waals surface area contributed by atoms with Gasteiger partial charge in [-0.05, 0) is 18.6 Å². The van der Waals surface area contributed by atoms with E-state index in [4.69, 9.17) is 9.47 Å². The van der Waals surface area contributed by atoms with Crippen LogP contribution >= 0.6 is 11.3 Å². The third-order valence-electron chi connectivity index (χ3n) is 3.12. The minimum Gasteiger partial charge on any atom is -0.496 e. The van der Waals surface area contributed by atoms with Gasteiger partial charge in [-0.3, -0.25) is 4.79 Å². The van der Waals surface area contributed by atoms with Gasteiger partial charge in [0, 0.05) is 11.6 Å². The Balaban J connectivity index is 2.27. The van der Waals surface area contributed by atoms with Gasteiger partial charge in [0.1, 0.15) is 22.1 Å². The van der Waals surface area contributed by atoms with Crippen LogP contribution in [0, 0.1) is 0 Å². The van der Waals surface area contributed by atoms with E-state index in [0.29, 0.717) is 17.1 Å². The molecule has 2 aromatic rings. The first-order chi connectivity index (χ1) is 10.2. The zero-order valence-corrected chi connectivity index (χ0v) is 13.1. The summed E-state index contributed by atoms with van der Waals surface area (Å²) in [6.45, 7) is 2.01. The number of methoxy groups -OCH3 is 2. The number of amides is 1. The average Bonchev–Trinajstić information content (AvgIpc) is 3.05. The van der Waals surface area contributed by atoms with Crippen LogP contribution in [0.15, 0.2) is 29.8 Å². The smallest absolute Gasteiger partial charge is 0.259 e. The number of hydrogen-bond acceptors (Lipinski definition) is 5. The van der Waals surface area contributed by atoms with Gasteiger partial charge in [0.2, 0.25) is 0 Å². The minimum atomic E-state index is -0.230. The second-order valence-corrected chi connectivity index (χ2v) is 5.27. The SMILES string of the molecule is CCC(NC(=O)c1c(OC)cccc1OC)c1nccs1. The number of carbonyl (C=O) groups excluding carboxylic acids is 1. The molecular weight excluding hydrogens is 288 g/mol. The highest BCUT2D eigenvalue weighted by molar-refractivity contribution is 7.09. The Morgan fingerprint density at radius 2 is 2.00 bits per heavy atom. The summed E-state index contributed by atoms with van der Waals surface area (Å²) in [5.74, 6) is 0.744. The molecule has 0 saturated carbocycles. The number of hydrogen-bond donors (Lipinski definition) is 1. The molecule has 0 aliphatic carbocycles. The fraction of sp³-hybridized carbons (Fsp3) is 0.333. The van der Waals surface area contributed by atoms with Gasteiger partial charge in [0.05, 0.1) is 20.3 Å². The minimum absolute atomic E-state index is 0.118. The molecule has 1 aromatic heterocycles. The van der Waals surface area contributed by atoms with Crippen LogP contribution in [0.1, 0.15) is 34.8 Å². The van der Waals surface area contributed by atoms with Gasteiger partial charge in [0.15, 0.2) is 0 Å². The predicted octanol–water partition coefficient (Wildman–Crippen LogP) is 3.04. The number of aromatic nitrogens is 1. The molecule has 0 bridgehead atoms. The van der Waals surface area contributed by atoms with Gasteiger partial charge < -0.3 is 14.8 Å². The van der Waals surface area contributed by atoms with E-state index in [2.05, 4.69) is 10.3 Å². The molecule has 1 unspecified atom stereocenters. The molecule has 5 nitrogen and oxygen atoms in total. The fourth-order valence-corrected chi connectivity index (χ4v) is 2.82. The number of ether oxygens (including phenoxy) is 2. The van der Waals surface area contributed by atoms with Crippen molar-refractivity contribution in [2.45, 2.75) is 19.4 Å². The summed E-state index contributed by atoms with van der Waals surface area (Å²) in [6.07, 6.45) is 2.50. The van der Waals surface area contributed by atoms with E-state index in [1.807, 2.05) is 12.3 Å². The van der Waals surface area contributed by atoms with Crippen LogP contribution in [0.3, 0.4) is 0 Å². The summed E-state index contributed by atoms with van der Waals surface area (Å²) in [4.78, 5) is 16.8. The van der Waals surface area contributed by atoms with Crippen LogP contribution < -0.4 is 14.8 Å². The van der Waals surface area contributed by atoms with Gasteiger partial charge in [-0.1, -0.05) is 13.0 Å². The first-order valence-corrected chi connectivity index (χ1v) is 7.50. The van der Waals surface area contributed by atoms with Crippen molar-refractivity contribution in [1.29, 1.82) is 0 Å². The molecule has 1 heterocycles. The molecule has 21 heavy (non-hydrogen) atoms. The summed E-state index contributed by atoms with van der Waals surface area (Å²) in [7, 11) is 3.06. The molecule has 0 spiro atoms. The van der Waals surface area contributed by atoms with E-state index in [1.54, 1.807) is 24.4 Å². The molecule has 0 fully saturated rings. The normalized spacial score (nSPS) is 11.8. The van der Waals surface area contributed by atoms with E-state index >= 15 is 0 Å². The van der Waals surface area contributed by atoms with Gasteiger partial charge in [-0.15, -0.1) is 11.3 Å². The Morgan fingerprint density at radius 1 is 1.33 bits per heavy atom. The van der Waals surface area contributed by atoms with Crippen molar-refractivity contribution in [3.05, 3.63) is 40.3 Å². The zero-order valence-electron chi connectivity index (χ0n) is 12.3. The number of nitrogens with zero attached hydrogens (tertiary/aromatic N) is 1. The first-order valence-electron chi connectivity index (χ1n) is 6.62. The highest BCUT2D eigenvalue weighted by Gasteiger charge is 2.22. The van der Waals surface area contributed by atoms with E-state index in [9.17, 15) is 4.79 Å². The van der Waals surface area contributed by atoms with Crippen molar-refractivity contribution in [2.24, 2.45) is 0 Å². The van der Waals surface area contributed by atoms with Crippen molar-refractivity contribution < 1.29 is 14.3 Å². The summed E-state index contributed by atoms with van der Waals surface area (Å²) in [6, 6.07) is 5.14. The lowest BCUT2D eigenvalue weighted by Gasteiger charge is -2.17. The Bertz CT molecular complexity index is 577.